The first-order valence-corrected chi connectivity index (χ1v) is 8.83. The number of rotatable bonds is 4. The van der Waals surface area contributed by atoms with Crippen molar-refractivity contribution in [3.05, 3.63) is 75.6 Å². The van der Waals surface area contributed by atoms with Gasteiger partial charge in [-0.05, 0) is 0 Å². The Labute approximate surface area is 145 Å². The van der Waals surface area contributed by atoms with Crippen LogP contribution >= 0.6 is 0 Å². The summed E-state index contributed by atoms with van der Waals surface area (Å²) >= 11 is -0.643. The van der Waals surface area contributed by atoms with E-state index in [1.807, 2.05) is 0 Å². The topological polar surface area (TPSA) is 0 Å². The fourth-order valence-corrected chi connectivity index (χ4v) is 7.06. The van der Waals surface area contributed by atoms with Gasteiger partial charge >= 0.3 is 121 Å². The molecule has 0 bridgehead atoms. The van der Waals surface area contributed by atoms with Gasteiger partial charge in [0.2, 0.25) is 0 Å². The minimum Gasteiger partial charge on any atom is -1.00 e. The average Bonchev–Trinajstić information content (AvgIpc) is 3.00. The zero-order valence-corrected chi connectivity index (χ0v) is 15.1. The van der Waals surface area contributed by atoms with Crippen molar-refractivity contribution >= 4 is 6.08 Å². The van der Waals surface area contributed by atoms with E-state index >= 15 is 0 Å². The first kappa shape index (κ1) is 17.7. The molecule has 0 fully saturated rings. The van der Waals surface area contributed by atoms with E-state index in [1.165, 1.54) is 17.5 Å². The van der Waals surface area contributed by atoms with Crippen LogP contribution in [0, 0.1) is 0 Å². The molecule has 0 nitrogen and oxygen atoms in total. The maximum atomic E-state index is 3.97. The predicted molar refractivity (Wildman–Crippen MR) is 73.8 cm³/mol. The van der Waals surface area contributed by atoms with Gasteiger partial charge in [0, 0.05) is 0 Å². The van der Waals surface area contributed by atoms with Crippen molar-refractivity contribution in [3.8, 4) is 0 Å². The van der Waals surface area contributed by atoms with E-state index in [2.05, 4.69) is 67.3 Å². The third-order valence-electron chi connectivity index (χ3n) is 3.61. The Bertz CT molecular complexity index is 572. The molecule has 0 heterocycles. The van der Waals surface area contributed by atoms with Gasteiger partial charge < -0.3 is 24.8 Å². The number of hydrogen-bond acceptors (Lipinski definition) is 0. The first-order chi connectivity index (χ1) is 8.84. The second-order valence-electron chi connectivity index (χ2n) is 4.83. The summed E-state index contributed by atoms with van der Waals surface area (Å²) in [5.74, 6) is 0. The quantitative estimate of drug-likeness (QED) is 0.552. The third kappa shape index (κ3) is 3.27. The predicted octanol–water partition coefficient (Wildman–Crippen LogP) is -1.58. The molecule has 102 valence electrons. The van der Waals surface area contributed by atoms with Crippen molar-refractivity contribution in [2.75, 3.05) is 0 Å². The van der Waals surface area contributed by atoms with E-state index in [1.54, 1.807) is 3.28 Å². The summed E-state index contributed by atoms with van der Waals surface area (Å²) in [7, 11) is 0. The fraction of sp³-hybridized carbons (Fsp3) is 0.176. The van der Waals surface area contributed by atoms with Crippen molar-refractivity contribution in [1.29, 1.82) is 0 Å². The standard InChI is InChI=1S/C12H11.C5H5.2ClH.Zr/c1-2-5-10-8-9-11-6-3-4-7-12(10)11;1-2-4-5-3-1;;;/h2-4,6-9H,1,5H2;1-3H,4H2;2*1H;/q;;;;+2/p-2. The van der Waals surface area contributed by atoms with Crippen molar-refractivity contribution in [2.24, 2.45) is 0 Å². The van der Waals surface area contributed by atoms with Crippen LogP contribution in [-0.4, -0.2) is 0 Å². The molecule has 3 heteroatoms. The van der Waals surface area contributed by atoms with Crippen LogP contribution < -0.4 is 24.8 Å². The first-order valence-electron chi connectivity index (χ1n) is 6.38. The van der Waals surface area contributed by atoms with Crippen molar-refractivity contribution in [2.45, 2.75) is 16.0 Å². The van der Waals surface area contributed by atoms with E-state index in [-0.39, 0.29) is 24.8 Å². The molecule has 0 spiro atoms. The third-order valence-corrected chi connectivity index (χ3v) is 7.98. The smallest absolute Gasteiger partial charge is 1.00 e. The molecule has 1 aromatic carbocycles. The molecule has 0 saturated carbocycles. The molecule has 0 radical (unpaired) electrons. The summed E-state index contributed by atoms with van der Waals surface area (Å²) in [6.07, 6.45) is 15.9. The van der Waals surface area contributed by atoms with Gasteiger partial charge in [-0.3, -0.25) is 0 Å². The summed E-state index contributed by atoms with van der Waals surface area (Å²) in [5, 5.41) is 0. The molecule has 1 unspecified atom stereocenters. The van der Waals surface area contributed by atoms with Crippen molar-refractivity contribution < 1.29 is 48.0 Å². The zero-order chi connectivity index (χ0) is 12.4. The maximum absolute atomic E-state index is 3.97. The summed E-state index contributed by atoms with van der Waals surface area (Å²) in [6, 6.07) is 8.85. The van der Waals surface area contributed by atoms with Gasteiger partial charge in [0.15, 0.2) is 0 Å². The zero-order valence-electron chi connectivity index (χ0n) is 11.2. The van der Waals surface area contributed by atoms with Gasteiger partial charge in [0.05, 0.1) is 0 Å². The van der Waals surface area contributed by atoms with Gasteiger partial charge in [-0.1, -0.05) is 0 Å². The Kier molecular flexibility index (Phi) is 6.72. The van der Waals surface area contributed by atoms with E-state index in [0.717, 1.165) is 6.42 Å². The van der Waals surface area contributed by atoms with Crippen LogP contribution in [0.5, 0.6) is 0 Å². The number of fused-ring (bicyclic) bond motifs is 1. The molecule has 20 heavy (non-hydrogen) atoms. The minimum absolute atomic E-state index is 0. The molecule has 0 N–H and O–H groups in total. The van der Waals surface area contributed by atoms with Crippen molar-refractivity contribution in [1.82, 2.24) is 0 Å². The van der Waals surface area contributed by atoms with E-state index in [9.17, 15) is 0 Å². The monoisotopic (exact) mass is 380 g/mol. The Morgan fingerprint density at radius 2 is 2.05 bits per heavy atom. The second-order valence-corrected chi connectivity index (χ2v) is 9.22. The Morgan fingerprint density at radius 3 is 2.75 bits per heavy atom. The SMILES string of the molecule is C=CC[C]1([Zr+2][C]2=CC=CC2)C=Cc2ccccc21.[Cl-].[Cl-]. The fourth-order valence-electron chi connectivity index (χ4n) is 2.76. The Morgan fingerprint density at radius 1 is 1.25 bits per heavy atom. The van der Waals surface area contributed by atoms with E-state index in [4.69, 9.17) is 0 Å². The number of hydrogen-bond donors (Lipinski definition) is 0. The largest absolute Gasteiger partial charge is 1.00 e. The molecule has 3 rings (SSSR count). The number of allylic oxidation sites excluding steroid dienone is 6. The molecule has 0 aromatic heterocycles. The molecule has 1 aromatic rings. The second kappa shape index (κ2) is 7.59. The van der Waals surface area contributed by atoms with E-state index < -0.39 is 23.2 Å². The van der Waals surface area contributed by atoms with Gasteiger partial charge in [-0.15, -0.1) is 0 Å². The Hall–Kier alpha value is -0.357. The van der Waals surface area contributed by atoms with Crippen LogP contribution in [0.1, 0.15) is 24.0 Å². The number of benzene rings is 1. The molecule has 1 atom stereocenters. The van der Waals surface area contributed by atoms with Crippen LogP contribution in [0.4, 0.5) is 0 Å². The Balaban J connectivity index is 0.000001000. The summed E-state index contributed by atoms with van der Waals surface area (Å²) in [4.78, 5) is 0. The molecule has 0 saturated heterocycles. The van der Waals surface area contributed by atoms with Crippen LogP contribution in [0.25, 0.3) is 6.08 Å². The van der Waals surface area contributed by atoms with E-state index in [0.29, 0.717) is 3.12 Å². The van der Waals surface area contributed by atoms with Gasteiger partial charge in [0.1, 0.15) is 0 Å². The molecular weight excluding hydrogens is 366 g/mol. The van der Waals surface area contributed by atoms with Gasteiger partial charge in [0.25, 0.3) is 0 Å². The molecule has 2 aliphatic carbocycles. The molecule has 2 aliphatic rings. The van der Waals surface area contributed by atoms with Crippen molar-refractivity contribution in [3.63, 3.8) is 0 Å². The summed E-state index contributed by atoms with van der Waals surface area (Å²) in [5.41, 5.74) is 2.94. The van der Waals surface area contributed by atoms with Crippen LogP contribution in [0.3, 0.4) is 0 Å². The van der Waals surface area contributed by atoms with Crippen LogP contribution in [0.15, 0.2) is 64.5 Å². The maximum Gasteiger partial charge on any atom is -1.00 e. The van der Waals surface area contributed by atoms with Crippen LogP contribution in [0.2, 0.25) is 0 Å². The van der Waals surface area contributed by atoms with Gasteiger partial charge in [-0.2, -0.15) is 0 Å². The molecule has 0 aliphatic heterocycles. The van der Waals surface area contributed by atoms with Gasteiger partial charge in [-0.25, -0.2) is 0 Å². The molecule has 0 amide bonds. The van der Waals surface area contributed by atoms with Crippen LogP contribution in [-0.2, 0) is 26.4 Å². The summed E-state index contributed by atoms with van der Waals surface area (Å²) < 4.78 is 2.00. The minimum atomic E-state index is -0.643. The number of halogens is 2. The summed E-state index contributed by atoms with van der Waals surface area (Å²) in [6.45, 7) is 3.97. The normalized spacial score (nSPS) is 21.3. The molecular formula is C17H16Cl2Zr. The average molecular weight is 382 g/mol.